The highest BCUT2D eigenvalue weighted by atomic mass is 16.5. The summed E-state index contributed by atoms with van der Waals surface area (Å²) in [4.78, 5) is 11.4. The van der Waals surface area contributed by atoms with E-state index in [0.29, 0.717) is 25.3 Å². The van der Waals surface area contributed by atoms with Crippen LogP contribution in [0.2, 0.25) is 0 Å². The molecule has 2 atom stereocenters. The lowest BCUT2D eigenvalue weighted by Crippen LogP contribution is -2.31. The second-order valence-corrected chi connectivity index (χ2v) is 6.74. The summed E-state index contributed by atoms with van der Waals surface area (Å²) in [6.45, 7) is 4.11. The molecule has 5 nitrogen and oxygen atoms in total. The normalized spacial score (nSPS) is 21.2. The first-order chi connectivity index (χ1) is 12.6. The van der Waals surface area contributed by atoms with Crippen molar-refractivity contribution in [3.8, 4) is 11.5 Å². The van der Waals surface area contributed by atoms with Crippen LogP contribution in [-0.4, -0.2) is 29.8 Å². The minimum Gasteiger partial charge on any atom is -0.494 e. The first-order valence-corrected chi connectivity index (χ1v) is 9.00. The number of hydrogen-bond donors (Lipinski definition) is 2. The summed E-state index contributed by atoms with van der Waals surface area (Å²) in [6.07, 6.45) is 1.47. The minimum absolute atomic E-state index is 0.0476. The maximum Gasteiger partial charge on any atom is 0.348 e. The van der Waals surface area contributed by atoms with E-state index >= 15 is 0 Å². The van der Waals surface area contributed by atoms with Crippen LogP contribution in [0.5, 0.6) is 11.5 Å². The Morgan fingerprint density at radius 1 is 1.19 bits per heavy atom. The lowest BCUT2D eigenvalue weighted by molar-refractivity contribution is -0.148. The number of ether oxygens (including phenoxy) is 2. The lowest BCUT2D eigenvalue weighted by Gasteiger charge is -2.15. The van der Waals surface area contributed by atoms with E-state index in [2.05, 4.69) is 5.32 Å². The molecular formula is C21H25NO4. The average molecular weight is 355 g/mol. The third kappa shape index (κ3) is 4.55. The summed E-state index contributed by atoms with van der Waals surface area (Å²) >= 11 is 0. The van der Waals surface area contributed by atoms with Gasteiger partial charge in [-0.05, 0) is 42.8 Å². The third-order valence-electron chi connectivity index (χ3n) is 4.64. The van der Waals surface area contributed by atoms with Gasteiger partial charge in [0, 0.05) is 18.9 Å². The highest BCUT2D eigenvalue weighted by Gasteiger charge is 2.61. The fraction of sp³-hybridized carbons (Fsp3) is 0.381. The van der Waals surface area contributed by atoms with Crippen LogP contribution in [0.3, 0.4) is 0 Å². The Labute approximate surface area is 153 Å². The van der Waals surface area contributed by atoms with Crippen molar-refractivity contribution in [2.75, 3.05) is 13.2 Å². The molecule has 0 amide bonds. The van der Waals surface area contributed by atoms with Crippen molar-refractivity contribution < 1.29 is 19.4 Å². The van der Waals surface area contributed by atoms with E-state index in [4.69, 9.17) is 9.47 Å². The molecule has 1 saturated carbocycles. The van der Waals surface area contributed by atoms with Crippen molar-refractivity contribution >= 4 is 5.97 Å². The molecule has 0 heterocycles. The van der Waals surface area contributed by atoms with Crippen LogP contribution in [0, 0.1) is 5.92 Å². The van der Waals surface area contributed by atoms with Gasteiger partial charge >= 0.3 is 5.97 Å². The van der Waals surface area contributed by atoms with E-state index < -0.39 is 11.6 Å². The molecule has 0 aromatic heterocycles. The number of carbonyl (C=O) groups is 1. The van der Waals surface area contributed by atoms with Gasteiger partial charge in [0.25, 0.3) is 0 Å². The first-order valence-electron chi connectivity index (χ1n) is 9.00. The standard InChI is InChI=1S/C21H25NO4/c1-16-14-21(16,20(23)24)26-19-10-5-7-17(13-19)15-22-11-6-12-25-18-8-3-2-4-9-18/h2-5,7-10,13,16,22H,6,11-12,14-15H2,1H3,(H,23,24)/t16-,21-/m0/s1. The molecule has 26 heavy (non-hydrogen) atoms. The predicted molar refractivity (Wildman–Crippen MR) is 99.5 cm³/mol. The van der Waals surface area contributed by atoms with E-state index in [-0.39, 0.29) is 5.92 Å². The van der Waals surface area contributed by atoms with Gasteiger partial charge in [-0.15, -0.1) is 0 Å². The number of hydrogen-bond acceptors (Lipinski definition) is 4. The van der Waals surface area contributed by atoms with Gasteiger partial charge in [0.05, 0.1) is 6.61 Å². The number of carboxylic acids is 1. The van der Waals surface area contributed by atoms with Crippen LogP contribution in [-0.2, 0) is 11.3 Å². The molecule has 5 heteroatoms. The summed E-state index contributed by atoms with van der Waals surface area (Å²) in [5.41, 5.74) is 0.0289. The average Bonchev–Trinajstić information content (AvgIpc) is 3.30. The molecule has 1 aliphatic rings. The fourth-order valence-corrected chi connectivity index (χ4v) is 2.95. The molecule has 2 aromatic rings. The second kappa shape index (κ2) is 8.23. The molecule has 0 saturated heterocycles. The lowest BCUT2D eigenvalue weighted by atomic mass is 10.2. The van der Waals surface area contributed by atoms with Crippen LogP contribution < -0.4 is 14.8 Å². The summed E-state index contributed by atoms with van der Waals surface area (Å²) < 4.78 is 11.4. The summed E-state index contributed by atoms with van der Waals surface area (Å²) in [5, 5.41) is 12.7. The molecule has 1 aliphatic carbocycles. The van der Waals surface area contributed by atoms with Gasteiger partial charge in [-0.1, -0.05) is 37.3 Å². The minimum atomic E-state index is -1.04. The molecule has 0 radical (unpaired) electrons. The number of rotatable bonds is 10. The quantitative estimate of drug-likeness (QED) is 0.639. The topological polar surface area (TPSA) is 67.8 Å². The van der Waals surface area contributed by atoms with Gasteiger partial charge in [-0.3, -0.25) is 0 Å². The highest BCUT2D eigenvalue weighted by molar-refractivity contribution is 5.82. The SMILES string of the molecule is C[C@H]1C[C@@]1(Oc1cccc(CNCCCOc2ccccc2)c1)C(=O)O. The molecule has 0 aliphatic heterocycles. The molecular weight excluding hydrogens is 330 g/mol. The Hall–Kier alpha value is -2.53. The zero-order valence-electron chi connectivity index (χ0n) is 15.0. The van der Waals surface area contributed by atoms with Crippen LogP contribution in [0.4, 0.5) is 0 Å². The van der Waals surface area contributed by atoms with Crippen LogP contribution in [0.25, 0.3) is 0 Å². The molecule has 0 spiro atoms. The Morgan fingerprint density at radius 3 is 2.62 bits per heavy atom. The van der Waals surface area contributed by atoms with Crippen molar-refractivity contribution in [2.45, 2.75) is 31.9 Å². The van der Waals surface area contributed by atoms with Crippen molar-refractivity contribution in [1.29, 1.82) is 0 Å². The number of nitrogens with one attached hydrogen (secondary N) is 1. The van der Waals surface area contributed by atoms with Crippen LogP contribution in [0.1, 0.15) is 25.3 Å². The molecule has 2 N–H and O–H groups in total. The molecule has 0 unspecified atom stereocenters. The van der Waals surface area contributed by atoms with Crippen molar-refractivity contribution in [3.05, 3.63) is 60.2 Å². The molecule has 0 bridgehead atoms. The van der Waals surface area contributed by atoms with Crippen molar-refractivity contribution in [3.63, 3.8) is 0 Å². The van der Waals surface area contributed by atoms with Gasteiger partial charge in [0.15, 0.2) is 0 Å². The molecule has 1 fully saturated rings. The third-order valence-corrected chi connectivity index (χ3v) is 4.64. The summed E-state index contributed by atoms with van der Waals surface area (Å²) in [6, 6.07) is 17.4. The Balaban J connectivity index is 1.39. The van der Waals surface area contributed by atoms with Gasteiger partial charge in [0.2, 0.25) is 5.60 Å². The highest BCUT2D eigenvalue weighted by Crippen LogP contribution is 2.47. The number of carboxylic acid groups (broad SMARTS) is 1. The number of para-hydroxylation sites is 1. The summed E-state index contributed by atoms with van der Waals surface area (Å²) in [5.74, 6) is 0.667. The predicted octanol–water partition coefficient (Wildman–Crippen LogP) is 3.49. The van der Waals surface area contributed by atoms with Gasteiger partial charge < -0.3 is 19.9 Å². The van der Waals surface area contributed by atoms with Gasteiger partial charge in [0.1, 0.15) is 11.5 Å². The van der Waals surface area contributed by atoms with E-state index in [1.807, 2.05) is 61.5 Å². The van der Waals surface area contributed by atoms with E-state index in [9.17, 15) is 9.90 Å². The summed E-state index contributed by atoms with van der Waals surface area (Å²) in [7, 11) is 0. The van der Waals surface area contributed by atoms with E-state index in [1.54, 1.807) is 0 Å². The molecule has 138 valence electrons. The molecule has 2 aromatic carbocycles. The molecule has 3 rings (SSSR count). The fourth-order valence-electron chi connectivity index (χ4n) is 2.95. The van der Waals surface area contributed by atoms with Crippen LogP contribution in [0.15, 0.2) is 54.6 Å². The first kappa shape index (κ1) is 18.3. The number of benzene rings is 2. The van der Waals surface area contributed by atoms with Crippen LogP contribution >= 0.6 is 0 Å². The zero-order chi connectivity index (χ0) is 18.4. The van der Waals surface area contributed by atoms with Crippen molar-refractivity contribution in [1.82, 2.24) is 5.32 Å². The zero-order valence-corrected chi connectivity index (χ0v) is 15.0. The monoisotopic (exact) mass is 355 g/mol. The van der Waals surface area contributed by atoms with Gasteiger partial charge in [-0.25, -0.2) is 4.79 Å². The second-order valence-electron chi connectivity index (χ2n) is 6.74. The maximum atomic E-state index is 11.4. The Bertz CT molecular complexity index is 734. The van der Waals surface area contributed by atoms with E-state index in [1.165, 1.54) is 0 Å². The smallest absolute Gasteiger partial charge is 0.348 e. The largest absolute Gasteiger partial charge is 0.494 e. The van der Waals surface area contributed by atoms with Gasteiger partial charge in [-0.2, -0.15) is 0 Å². The van der Waals surface area contributed by atoms with E-state index in [0.717, 1.165) is 24.3 Å². The van der Waals surface area contributed by atoms with Crippen molar-refractivity contribution in [2.24, 2.45) is 5.92 Å². The maximum absolute atomic E-state index is 11.4. The number of aliphatic carboxylic acids is 1. The Kier molecular flexibility index (Phi) is 5.78. The Morgan fingerprint density at radius 2 is 1.92 bits per heavy atom.